The number of aromatic nitrogens is 1. The van der Waals surface area contributed by atoms with Crippen LogP contribution in [-0.4, -0.2) is 58.3 Å². The highest BCUT2D eigenvalue weighted by Gasteiger charge is 2.70. The molecular formula is C24H24N2O7S2. The molecule has 2 saturated carbocycles. The van der Waals surface area contributed by atoms with Gasteiger partial charge in [0.1, 0.15) is 6.04 Å². The van der Waals surface area contributed by atoms with Crippen molar-refractivity contribution in [3.63, 3.8) is 0 Å². The first-order valence-corrected chi connectivity index (χ1v) is 13.2. The van der Waals surface area contributed by atoms with Crippen molar-refractivity contribution in [1.29, 1.82) is 0 Å². The monoisotopic (exact) mass is 516 g/mol. The van der Waals surface area contributed by atoms with Crippen LogP contribution >= 0.6 is 23.1 Å². The quantitative estimate of drug-likeness (QED) is 0.581. The van der Waals surface area contributed by atoms with Crippen LogP contribution in [0.2, 0.25) is 0 Å². The molecule has 3 heterocycles. The number of aromatic amines is 1. The van der Waals surface area contributed by atoms with Gasteiger partial charge in [-0.3, -0.25) is 19.3 Å². The molecule has 0 radical (unpaired) electrons. The van der Waals surface area contributed by atoms with E-state index in [1.165, 1.54) is 18.3 Å². The molecule has 1 saturated heterocycles. The molecule has 0 spiro atoms. The molecular weight excluding hydrogens is 492 g/mol. The molecule has 11 heteroatoms. The molecule has 2 aromatic rings. The zero-order chi connectivity index (χ0) is 24.8. The highest BCUT2D eigenvalue weighted by Crippen LogP contribution is 2.68. The minimum absolute atomic E-state index is 0.0279. The Hall–Kier alpha value is -2.79. The minimum Gasteiger partial charge on any atom is -0.493 e. The maximum Gasteiger partial charge on any atom is 0.326 e. The number of hydrogen-bond donors (Lipinski definition) is 2. The van der Waals surface area contributed by atoms with E-state index in [4.69, 9.17) is 9.47 Å². The van der Waals surface area contributed by atoms with Gasteiger partial charge >= 0.3 is 10.8 Å². The standard InChI is InChI=1S/C24H24N2O7S2/c1-8(23(29)30)26-21(27)16-10-7-11(17(16)22(26)28)18-15(10)14(19-20(34-18)25-24(31)35-19)9-4-5-12(32-2)13(6-9)33-3/h4-6,8,10-11,14-18H,7H2,1-3H3,(H,25,31)(H,29,30). The van der Waals surface area contributed by atoms with Crippen molar-refractivity contribution in [2.75, 3.05) is 14.2 Å². The second-order valence-electron chi connectivity index (χ2n) is 9.64. The summed E-state index contributed by atoms with van der Waals surface area (Å²) in [5, 5.41) is 10.3. The number of thioether (sulfide) groups is 1. The van der Waals surface area contributed by atoms with Gasteiger partial charge in [0.15, 0.2) is 11.5 Å². The van der Waals surface area contributed by atoms with Gasteiger partial charge in [0.2, 0.25) is 11.8 Å². The number of carboxylic acid groups (broad SMARTS) is 1. The lowest BCUT2D eigenvalue weighted by Crippen LogP contribution is -2.44. The molecule has 4 aliphatic rings. The fraction of sp³-hybridized carbons (Fsp3) is 0.500. The Balaban J connectivity index is 1.46. The third-order valence-corrected chi connectivity index (χ3v) is 10.9. The zero-order valence-corrected chi connectivity index (χ0v) is 20.9. The van der Waals surface area contributed by atoms with Crippen molar-refractivity contribution in [2.45, 2.75) is 35.6 Å². The number of carbonyl (C=O) groups excluding carboxylic acids is 2. The lowest BCUT2D eigenvalue weighted by molar-refractivity contribution is -0.154. The molecule has 1 aromatic heterocycles. The molecule has 2 aliphatic heterocycles. The SMILES string of the molecule is COc1ccc(C2c3sc(=O)[nH]c3SC3C4CC(C5C(=O)N(C(C)C(=O)O)C(=O)C45)C23)cc1OC. The molecule has 2 bridgehead atoms. The molecule has 6 rings (SSSR count). The van der Waals surface area contributed by atoms with E-state index in [0.29, 0.717) is 11.5 Å². The highest BCUT2D eigenvalue weighted by molar-refractivity contribution is 8.00. The summed E-state index contributed by atoms with van der Waals surface area (Å²) < 4.78 is 10.9. The number of fused-ring (bicyclic) bond motifs is 9. The number of H-pyrrole nitrogens is 1. The summed E-state index contributed by atoms with van der Waals surface area (Å²) in [6.07, 6.45) is 0.743. The van der Waals surface area contributed by atoms with Gasteiger partial charge in [-0.05, 0) is 48.8 Å². The van der Waals surface area contributed by atoms with Gasteiger partial charge in [0.05, 0.1) is 31.1 Å². The molecule has 9 nitrogen and oxygen atoms in total. The molecule has 2 N–H and O–H groups in total. The third-order valence-electron chi connectivity index (χ3n) is 8.27. The van der Waals surface area contributed by atoms with Crippen LogP contribution in [0.1, 0.15) is 29.7 Å². The van der Waals surface area contributed by atoms with Crippen molar-refractivity contribution in [2.24, 2.45) is 29.6 Å². The summed E-state index contributed by atoms with van der Waals surface area (Å²) in [4.78, 5) is 55.5. The average molecular weight is 517 g/mol. The fourth-order valence-corrected chi connectivity index (χ4v) is 9.84. The first-order chi connectivity index (χ1) is 16.8. The molecule has 2 aliphatic carbocycles. The molecule has 184 valence electrons. The summed E-state index contributed by atoms with van der Waals surface area (Å²) in [7, 11) is 3.15. The number of carbonyl (C=O) groups is 3. The van der Waals surface area contributed by atoms with Gasteiger partial charge in [-0.1, -0.05) is 17.4 Å². The van der Waals surface area contributed by atoms with Gasteiger partial charge in [-0.2, -0.15) is 0 Å². The van der Waals surface area contributed by atoms with Gasteiger partial charge < -0.3 is 19.6 Å². The van der Waals surface area contributed by atoms with E-state index in [1.54, 1.807) is 26.0 Å². The topological polar surface area (TPSA) is 126 Å². The summed E-state index contributed by atoms with van der Waals surface area (Å²) in [6, 6.07) is 4.55. The maximum absolute atomic E-state index is 13.4. The Kier molecular flexibility index (Phi) is 5.09. The molecule has 8 atom stereocenters. The summed E-state index contributed by atoms with van der Waals surface area (Å²) in [5.74, 6) is -2.01. The smallest absolute Gasteiger partial charge is 0.326 e. The third kappa shape index (κ3) is 3.00. The van der Waals surface area contributed by atoms with Gasteiger partial charge in [0.25, 0.3) is 0 Å². The average Bonchev–Trinajstić information content (AvgIpc) is 3.56. The summed E-state index contributed by atoms with van der Waals surface area (Å²) >= 11 is 2.78. The van der Waals surface area contributed by atoms with Gasteiger partial charge in [-0.25, -0.2) is 4.79 Å². The van der Waals surface area contributed by atoms with E-state index >= 15 is 0 Å². The number of thiazole rings is 1. The fourth-order valence-electron chi connectivity index (χ4n) is 6.95. The van der Waals surface area contributed by atoms with Crippen LogP contribution < -0.4 is 14.3 Å². The summed E-state index contributed by atoms with van der Waals surface area (Å²) in [5.41, 5.74) is 0.964. The molecule has 1 aromatic carbocycles. The van der Waals surface area contributed by atoms with Crippen LogP contribution in [-0.2, 0) is 14.4 Å². The second-order valence-corrected chi connectivity index (χ2v) is 11.8. The Morgan fingerprint density at radius 2 is 1.80 bits per heavy atom. The predicted molar refractivity (Wildman–Crippen MR) is 127 cm³/mol. The largest absolute Gasteiger partial charge is 0.493 e. The predicted octanol–water partition coefficient (Wildman–Crippen LogP) is 2.40. The number of nitrogens with one attached hydrogen (secondary N) is 1. The summed E-state index contributed by atoms with van der Waals surface area (Å²) in [6.45, 7) is 1.39. The Labute approximate surface area is 208 Å². The Bertz CT molecular complexity index is 1320. The highest BCUT2D eigenvalue weighted by atomic mass is 32.2. The van der Waals surface area contributed by atoms with Crippen LogP contribution in [0.25, 0.3) is 0 Å². The Morgan fingerprint density at radius 3 is 2.46 bits per heavy atom. The Morgan fingerprint density at radius 1 is 1.11 bits per heavy atom. The van der Waals surface area contributed by atoms with E-state index in [2.05, 4.69) is 4.98 Å². The number of benzene rings is 1. The number of amides is 2. The zero-order valence-electron chi connectivity index (χ0n) is 19.2. The number of likely N-dealkylation sites (tertiary alicyclic amines) is 1. The van der Waals surface area contributed by atoms with Crippen molar-refractivity contribution >= 4 is 40.9 Å². The molecule has 3 fully saturated rings. The van der Waals surface area contributed by atoms with Crippen LogP contribution in [0.4, 0.5) is 0 Å². The number of rotatable bonds is 5. The number of aliphatic carboxylic acids is 1. The lowest BCUT2D eigenvalue weighted by atomic mass is 9.68. The molecule has 2 amide bonds. The van der Waals surface area contributed by atoms with E-state index in [-0.39, 0.29) is 45.6 Å². The molecule has 35 heavy (non-hydrogen) atoms. The molecule has 8 unspecified atom stereocenters. The number of ether oxygens (including phenoxy) is 2. The number of methoxy groups -OCH3 is 2. The van der Waals surface area contributed by atoms with Gasteiger partial charge in [-0.15, -0.1) is 11.8 Å². The number of hydrogen-bond acceptors (Lipinski definition) is 8. The van der Waals surface area contributed by atoms with E-state index in [9.17, 15) is 24.3 Å². The van der Waals surface area contributed by atoms with Crippen LogP contribution in [0.3, 0.4) is 0 Å². The van der Waals surface area contributed by atoms with Crippen molar-refractivity contribution in [3.8, 4) is 11.5 Å². The van der Waals surface area contributed by atoms with Crippen LogP contribution in [0.15, 0.2) is 28.0 Å². The van der Waals surface area contributed by atoms with E-state index in [0.717, 1.165) is 26.8 Å². The van der Waals surface area contributed by atoms with Gasteiger partial charge in [0, 0.05) is 16.0 Å². The lowest BCUT2D eigenvalue weighted by Gasteiger charge is -2.43. The van der Waals surface area contributed by atoms with Crippen LogP contribution in [0.5, 0.6) is 11.5 Å². The van der Waals surface area contributed by atoms with Crippen molar-refractivity contribution < 1.29 is 29.0 Å². The minimum atomic E-state index is -1.19. The number of imide groups is 1. The maximum atomic E-state index is 13.4. The second kappa shape index (κ2) is 7.86. The van der Waals surface area contributed by atoms with E-state index in [1.807, 2.05) is 18.2 Å². The van der Waals surface area contributed by atoms with Crippen molar-refractivity contribution in [1.82, 2.24) is 9.88 Å². The van der Waals surface area contributed by atoms with E-state index < -0.39 is 23.8 Å². The van der Waals surface area contributed by atoms with Crippen LogP contribution in [0, 0.1) is 29.6 Å². The first kappa shape index (κ1) is 22.7. The first-order valence-electron chi connectivity index (χ1n) is 11.5. The normalized spacial score (nSPS) is 33.3. The number of carboxylic acids is 1. The van der Waals surface area contributed by atoms with Crippen molar-refractivity contribution in [3.05, 3.63) is 38.3 Å². The number of nitrogens with zero attached hydrogens (tertiary/aromatic N) is 1.